The zero-order valence-electron chi connectivity index (χ0n) is 12.3. The van der Waals surface area contributed by atoms with Crippen LogP contribution in [0.2, 0.25) is 0 Å². The minimum atomic E-state index is 0.298. The summed E-state index contributed by atoms with van der Waals surface area (Å²) in [5.74, 6) is 1.59. The first-order valence-electron chi connectivity index (χ1n) is 7.27. The van der Waals surface area contributed by atoms with Crippen molar-refractivity contribution in [3.63, 3.8) is 0 Å². The van der Waals surface area contributed by atoms with Crippen LogP contribution < -0.4 is 20.1 Å². The maximum Gasteiger partial charge on any atom is 0.231 e. The van der Waals surface area contributed by atoms with Gasteiger partial charge in [0.2, 0.25) is 6.79 Å². The third-order valence-electron chi connectivity index (χ3n) is 2.99. The Morgan fingerprint density at radius 2 is 2.10 bits per heavy atom. The number of rotatable bonds is 8. The minimum absolute atomic E-state index is 0.298. The number of thiocarbonyl (C=S) groups is 1. The zero-order chi connectivity index (χ0) is 14.9. The summed E-state index contributed by atoms with van der Waals surface area (Å²) in [5, 5.41) is 7.00. The van der Waals surface area contributed by atoms with Crippen molar-refractivity contribution >= 4 is 17.3 Å². The first kappa shape index (κ1) is 15.9. The van der Waals surface area contributed by atoms with Crippen LogP contribution in [0.4, 0.5) is 0 Å². The molecule has 0 spiro atoms. The normalized spacial score (nSPS) is 12.2. The molecule has 0 bridgehead atoms. The Morgan fingerprint density at radius 3 is 2.95 bits per heavy atom. The molecule has 1 heterocycles. The van der Waals surface area contributed by atoms with Gasteiger partial charge in [-0.2, -0.15) is 0 Å². The Balaban J connectivity index is 1.60. The van der Waals surface area contributed by atoms with Gasteiger partial charge in [-0.15, -0.1) is 0 Å². The fourth-order valence-electron chi connectivity index (χ4n) is 1.92. The number of ether oxygens (including phenoxy) is 3. The van der Waals surface area contributed by atoms with Crippen LogP contribution >= 0.6 is 12.2 Å². The molecule has 0 amide bonds. The van der Waals surface area contributed by atoms with Crippen LogP contribution in [0.1, 0.15) is 25.3 Å². The SMILES string of the molecule is CCCOCCCNC(=S)NCc1ccc2c(c1)OCO2. The molecular formula is C15H22N2O3S. The lowest BCUT2D eigenvalue weighted by Crippen LogP contribution is -2.35. The van der Waals surface area contributed by atoms with Crippen LogP contribution in [0.5, 0.6) is 11.5 Å². The van der Waals surface area contributed by atoms with E-state index >= 15 is 0 Å². The van der Waals surface area contributed by atoms with Crippen LogP contribution in [0.15, 0.2) is 18.2 Å². The Bertz CT molecular complexity index is 468. The van der Waals surface area contributed by atoms with Crippen LogP contribution in [-0.4, -0.2) is 31.7 Å². The minimum Gasteiger partial charge on any atom is -0.454 e. The molecule has 1 aromatic rings. The summed E-state index contributed by atoms with van der Waals surface area (Å²) in [7, 11) is 0. The van der Waals surface area contributed by atoms with Gasteiger partial charge in [0, 0.05) is 26.3 Å². The summed E-state index contributed by atoms with van der Waals surface area (Å²) < 4.78 is 16.0. The van der Waals surface area contributed by atoms with Crippen LogP contribution in [0.3, 0.4) is 0 Å². The van der Waals surface area contributed by atoms with Crippen LogP contribution in [-0.2, 0) is 11.3 Å². The zero-order valence-corrected chi connectivity index (χ0v) is 13.1. The van der Waals surface area contributed by atoms with Crippen molar-refractivity contribution in [3.05, 3.63) is 23.8 Å². The number of benzene rings is 1. The summed E-state index contributed by atoms with van der Waals surface area (Å²) >= 11 is 5.23. The summed E-state index contributed by atoms with van der Waals surface area (Å²) in [4.78, 5) is 0. The lowest BCUT2D eigenvalue weighted by atomic mass is 10.2. The molecule has 0 fully saturated rings. The topological polar surface area (TPSA) is 51.8 Å². The van der Waals surface area contributed by atoms with E-state index in [1.165, 1.54) is 0 Å². The highest BCUT2D eigenvalue weighted by molar-refractivity contribution is 7.80. The summed E-state index contributed by atoms with van der Waals surface area (Å²) in [5.41, 5.74) is 1.11. The van der Waals surface area contributed by atoms with Crippen molar-refractivity contribution in [2.45, 2.75) is 26.3 Å². The van der Waals surface area contributed by atoms with Gasteiger partial charge in [0.25, 0.3) is 0 Å². The van der Waals surface area contributed by atoms with E-state index < -0.39 is 0 Å². The Hall–Kier alpha value is -1.53. The van der Waals surface area contributed by atoms with Crippen molar-refractivity contribution in [2.75, 3.05) is 26.6 Å². The Kier molecular flexibility index (Phi) is 6.56. The van der Waals surface area contributed by atoms with Gasteiger partial charge in [0.15, 0.2) is 16.6 Å². The molecule has 2 N–H and O–H groups in total. The van der Waals surface area contributed by atoms with Crippen molar-refractivity contribution in [3.8, 4) is 11.5 Å². The average molecular weight is 310 g/mol. The van der Waals surface area contributed by atoms with E-state index in [2.05, 4.69) is 17.6 Å². The molecule has 21 heavy (non-hydrogen) atoms. The van der Waals surface area contributed by atoms with Gasteiger partial charge in [-0.3, -0.25) is 0 Å². The second kappa shape index (κ2) is 8.69. The van der Waals surface area contributed by atoms with Gasteiger partial charge < -0.3 is 24.8 Å². The lowest BCUT2D eigenvalue weighted by molar-refractivity contribution is 0.133. The highest BCUT2D eigenvalue weighted by atomic mass is 32.1. The molecule has 116 valence electrons. The second-order valence-corrected chi connectivity index (χ2v) is 5.17. The third-order valence-corrected chi connectivity index (χ3v) is 3.28. The van der Waals surface area contributed by atoms with Gasteiger partial charge in [-0.1, -0.05) is 13.0 Å². The number of fused-ring (bicyclic) bond motifs is 1. The summed E-state index contributed by atoms with van der Waals surface area (Å²) in [6.07, 6.45) is 2.01. The molecular weight excluding hydrogens is 288 g/mol. The average Bonchev–Trinajstić information content (AvgIpc) is 2.96. The first-order valence-corrected chi connectivity index (χ1v) is 7.68. The second-order valence-electron chi connectivity index (χ2n) is 4.76. The van der Waals surface area contributed by atoms with Crippen molar-refractivity contribution < 1.29 is 14.2 Å². The molecule has 0 saturated heterocycles. The van der Waals surface area contributed by atoms with Crippen LogP contribution in [0, 0.1) is 0 Å². The molecule has 2 rings (SSSR count). The molecule has 0 aromatic heterocycles. The van der Waals surface area contributed by atoms with Crippen molar-refractivity contribution in [2.24, 2.45) is 0 Å². The first-order chi connectivity index (χ1) is 10.3. The highest BCUT2D eigenvalue weighted by Crippen LogP contribution is 2.32. The van der Waals surface area contributed by atoms with Crippen molar-refractivity contribution in [1.82, 2.24) is 10.6 Å². The number of nitrogens with one attached hydrogen (secondary N) is 2. The number of hydrogen-bond donors (Lipinski definition) is 2. The molecule has 0 atom stereocenters. The predicted octanol–water partition coefficient (Wildman–Crippen LogP) is 2.20. The summed E-state index contributed by atoms with van der Waals surface area (Å²) in [6.45, 7) is 5.48. The molecule has 1 aliphatic rings. The monoisotopic (exact) mass is 310 g/mol. The fraction of sp³-hybridized carbons (Fsp3) is 0.533. The molecule has 5 nitrogen and oxygen atoms in total. The van der Waals surface area contributed by atoms with E-state index in [9.17, 15) is 0 Å². The highest BCUT2D eigenvalue weighted by Gasteiger charge is 2.12. The molecule has 0 unspecified atom stereocenters. The third kappa shape index (κ3) is 5.40. The largest absolute Gasteiger partial charge is 0.454 e. The van der Waals surface area contributed by atoms with Gasteiger partial charge >= 0.3 is 0 Å². The van der Waals surface area contributed by atoms with E-state index in [0.29, 0.717) is 18.5 Å². The van der Waals surface area contributed by atoms with E-state index in [1.54, 1.807) is 0 Å². The van der Waals surface area contributed by atoms with Gasteiger partial charge in [-0.25, -0.2) is 0 Å². The molecule has 0 aliphatic carbocycles. The van der Waals surface area contributed by atoms with E-state index in [4.69, 9.17) is 26.4 Å². The fourth-order valence-corrected chi connectivity index (χ4v) is 2.09. The summed E-state index contributed by atoms with van der Waals surface area (Å²) in [6, 6.07) is 5.89. The standard InChI is InChI=1S/C15H22N2O3S/c1-2-7-18-8-3-6-16-15(21)17-10-12-4-5-13-14(9-12)20-11-19-13/h4-5,9H,2-3,6-8,10-11H2,1H3,(H2,16,17,21). The molecule has 0 saturated carbocycles. The van der Waals surface area contributed by atoms with Crippen LogP contribution in [0.25, 0.3) is 0 Å². The molecule has 1 aromatic carbocycles. The smallest absolute Gasteiger partial charge is 0.231 e. The van der Waals surface area contributed by atoms with Gasteiger partial charge in [0.05, 0.1) is 0 Å². The molecule has 1 aliphatic heterocycles. The number of hydrogen-bond acceptors (Lipinski definition) is 4. The van der Waals surface area contributed by atoms with Crippen molar-refractivity contribution in [1.29, 1.82) is 0 Å². The molecule has 0 radical (unpaired) electrons. The predicted molar refractivity (Wildman–Crippen MR) is 85.7 cm³/mol. The van der Waals surface area contributed by atoms with Gasteiger partial charge in [-0.05, 0) is 42.8 Å². The maximum atomic E-state index is 5.41. The Labute approximate surface area is 131 Å². The lowest BCUT2D eigenvalue weighted by Gasteiger charge is -2.11. The Morgan fingerprint density at radius 1 is 1.24 bits per heavy atom. The molecule has 6 heteroatoms. The maximum absolute atomic E-state index is 5.41. The van der Waals surface area contributed by atoms with E-state index in [-0.39, 0.29) is 0 Å². The van der Waals surface area contributed by atoms with E-state index in [0.717, 1.165) is 49.7 Å². The van der Waals surface area contributed by atoms with E-state index in [1.807, 2.05) is 18.2 Å². The van der Waals surface area contributed by atoms with Gasteiger partial charge in [0.1, 0.15) is 0 Å². The quantitative estimate of drug-likeness (QED) is 0.567.